The number of aliphatic imine (C=N–C) groups is 1. The summed E-state index contributed by atoms with van der Waals surface area (Å²) >= 11 is 0. The molecule has 142 valence electrons. The summed E-state index contributed by atoms with van der Waals surface area (Å²) in [6.45, 7) is 5.78. The van der Waals surface area contributed by atoms with E-state index in [9.17, 15) is 0 Å². The Morgan fingerprint density at radius 1 is 1.15 bits per heavy atom. The Balaban J connectivity index is 0.00000338. The normalized spacial score (nSPS) is 10.7. The van der Waals surface area contributed by atoms with E-state index < -0.39 is 0 Å². The van der Waals surface area contributed by atoms with Gasteiger partial charge in [0.15, 0.2) is 5.96 Å². The van der Waals surface area contributed by atoms with Crippen LogP contribution in [0.25, 0.3) is 0 Å². The quantitative estimate of drug-likeness (QED) is 0.370. The number of hydrogen-bond acceptors (Lipinski definition) is 4. The summed E-state index contributed by atoms with van der Waals surface area (Å²) in [7, 11) is 3.43. The van der Waals surface area contributed by atoms with Gasteiger partial charge >= 0.3 is 0 Å². The number of nitrogens with zero attached hydrogens (tertiary/aromatic N) is 2. The predicted octanol–water partition coefficient (Wildman–Crippen LogP) is 3.28. The van der Waals surface area contributed by atoms with Crippen LogP contribution in [0.1, 0.15) is 23.6 Å². The highest BCUT2D eigenvalue weighted by atomic mass is 127. The summed E-state index contributed by atoms with van der Waals surface area (Å²) in [5.74, 6) is 2.22. The van der Waals surface area contributed by atoms with E-state index in [1.807, 2.05) is 32.0 Å². The van der Waals surface area contributed by atoms with Crippen LogP contribution in [0.5, 0.6) is 11.6 Å². The zero-order valence-corrected chi connectivity index (χ0v) is 18.0. The van der Waals surface area contributed by atoms with E-state index in [1.165, 1.54) is 5.56 Å². The van der Waals surface area contributed by atoms with Crippen LogP contribution >= 0.6 is 24.0 Å². The molecule has 0 spiro atoms. The number of ether oxygens (including phenoxy) is 2. The maximum atomic E-state index is 5.55. The van der Waals surface area contributed by atoms with Crippen molar-refractivity contribution in [3.8, 4) is 11.6 Å². The van der Waals surface area contributed by atoms with Crippen molar-refractivity contribution < 1.29 is 9.47 Å². The minimum absolute atomic E-state index is 0. The van der Waals surface area contributed by atoms with Crippen LogP contribution in [0, 0.1) is 6.92 Å². The molecule has 0 atom stereocenters. The number of benzene rings is 1. The third-order valence-electron chi connectivity index (χ3n) is 3.69. The predicted molar refractivity (Wildman–Crippen MR) is 116 cm³/mol. The SMILES string of the molecule is CCOc1ncccc1CNC(=NC)NCc1ccc(C)cc1OC.I. The van der Waals surface area contributed by atoms with Crippen LogP contribution < -0.4 is 20.1 Å². The maximum Gasteiger partial charge on any atom is 0.218 e. The largest absolute Gasteiger partial charge is 0.496 e. The number of nitrogens with one attached hydrogen (secondary N) is 2. The van der Waals surface area contributed by atoms with Gasteiger partial charge in [-0.15, -0.1) is 24.0 Å². The third kappa shape index (κ3) is 6.36. The van der Waals surface area contributed by atoms with Gasteiger partial charge in [-0.05, 0) is 31.5 Å². The first-order valence-electron chi connectivity index (χ1n) is 8.32. The molecule has 7 heteroatoms. The Bertz CT molecular complexity index is 722. The van der Waals surface area contributed by atoms with Crippen LogP contribution in [-0.4, -0.2) is 31.7 Å². The molecule has 0 aliphatic rings. The molecule has 0 bridgehead atoms. The lowest BCUT2D eigenvalue weighted by molar-refractivity contribution is 0.322. The number of aryl methyl sites for hydroxylation is 1. The van der Waals surface area contributed by atoms with Crippen molar-refractivity contribution in [1.82, 2.24) is 15.6 Å². The number of methoxy groups -OCH3 is 1. The van der Waals surface area contributed by atoms with E-state index in [0.29, 0.717) is 31.5 Å². The Kier molecular flexibility index (Phi) is 9.79. The highest BCUT2D eigenvalue weighted by molar-refractivity contribution is 14.0. The van der Waals surface area contributed by atoms with Crippen LogP contribution in [0.15, 0.2) is 41.5 Å². The fourth-order valence-electron chi connectivity index (χ4n) is 2.40. The molecular weight excluding hydrogens is 443 g/mol. The van der Waals surface area contributed by atoms with Gasteiger partial charge in [0, 0.05) is 37.5 Å². The molecule has 6 nitrogen and oxygen atoms in total. The zero-order valence-electron chi connectivity index (χ0n) is 15.7. The topological polar surface area (TPSA) is 67.8 Å². The minimum Gasteiger partial charge on any atom is -0.496 e. The maximum absolute atomic E-state index is 5.55. The Morgan fingerprint density at radius 2 is 1.88 bits per heavy atom. The average Bonchev–Trinajstić information content (AvgIpc) is 2.64. The number of aromatic nitrogens is 1. The van der Waals surface area contributed by atoms with E-state index >= 15 is 0 Å². The van der Waals surface area contributed by atoms with Crippen molar-refractivity contribution in [2.24, 2.45) is 4.99 Å². The summed E-state index contributed by atoms with van der Waals surface area (Å²) in [6.07, 6.45) is 1.73. The van der Waals surface area contributed by atoms with Crippen molar-refractivity contribution in [3.63, 3.8) is 0 Å². The van der Waals surface area contributed by atoms with E-state index in [-0.39, 0.29) is 24.0 Å². The second kappa shape index (κ2) is 11.6. The van der Waals surface area contributed by atoms with Crippen LogP contribution in [0.2, 0.25) is 0 Å². The van der Waals surface area contributed by atoms with Gasteiger partial charge in [0.25, 0.3) is 0 Å². The highest BCUT2D eigenvalue weighted by Crippen LogP contribution is 2.19. The second-order valence-corrected chi connectivity index (χ2v) is 5.50. The van der Waals surface area contributed by atoms with Gasteiger partial charge in [-0.3, -0.25) is 4.99 Å². The summed E-state index contributed by atoms with van der Waals surface area (Å²) in [4.78, 5) is 8.52. The molecule has 2 aromatic rings. The molecule has 1 aromatic carbocycles. The monoisotopic (exact) mass is 470 g/mol. The number of hydrogen-bond donors (Lipinski definition) is 2. The summed E-state index contributed by atoms with van der Waals surface area (Å²) in [5, 5.41) is 6.58. The van der Waals surface area contributed by atoms with Crippen LogP contribution in [-0.2, 0) is 13.1 Å². The lowest BCUT2D eigenvalue weighted by Crippen LogP contribution is -2.36. The molecule has 2 N–H and O–H groups in total. The molecule has 0 saturated carbocycles. The Morgan fingerprint density at radius 3 is 2.54 bits per heavy atom. The van der Waals surface area contributed by atoms with E-state index in [1.54, 1.807) is 20.4 Å². The van der Waals surface area contributed by atoms with E-state index in [4.69, 9.17) is 9.47 Å². The third-order valence-corrected chi connectivity index (χ3v) is 3.69. The molecule has 1 heterocycles. The van der Waals surface area contributed by atoms with Crippen LogP contribution in [0.4, 0.5) is 0 Å². The van der Waals surface area contributed by atoms with Gasteiger partial charge in [-0.1, -0.05) is 18.2 Å². The average molecular weight is 470 g/mol. The smallest absolute Gasteiger partial charge is 0.218 e. The lowest BCUT2D eigenvalue weighted by Gasteiger charge is -2.15. The fourth-order valence-corrected chi connectivity index (χ4v) is 2.40. The van der Waals surface area contributed by atoms with E-state index in [2.05, 4.69) is 32.7 Å². The van der Waals surface area contributed by atoms with Gasteiger partial charge in [-0.2, -0.15) is 0 Å². The first kappa shape index (κ1) is 22.0. The van der Waals surface area contributed by atoms with Gasteiger partial charge in [0.05, 0.1) is 13.7 Å². The summed E-state index contributed by atoms with van der Waals surface area (Å²) < 4.78 is 11.0. The number of rotatable bonds is 7. The summed E-state index contributed by atoms with van der Waals surface area (Å²) in [5.41, 5.74) is 3.23. The van der Waals surface area contributed by atoms with Gasteiger partial charge in [0.2, 0.25) is 5.88 Å². The second-order valence-electron chi connectivity index (χ2n) is 5.50. The molecule has 26 heavy (non-hydrogen) atoms. The molecule has 1 aromatic heterocycles. The van der Waals surface area contributed by atoms with Crippen LogP contribution in [0.3, 0.4) is 0 Å². The molecule has 0 aliphatic carbocycles. The first-order valence-corrected chi connectivity index (χ1v) is 8.32. The number of halogens is 1. The Hall–Kier alpha value is -2.03. The molecule has 0 fully saturated rings. The first-order chi connectivity index (χ1) is 12.2. The minimum atomic E-state index is 0. The highest BCUT2D eigenvalue weighted by Gasteiger charge is 2.07. The molecule has 0 aliphatic heterocycles. The van der Waals surface area contributed by atoms with Gasteiger partial charge < -0.3 is 20.1 Å². The number of guanidine groups is 1. The van der Waals surface area contributed by atoms with Crippen molar-refractivity contribution in [2.45, 2.75) is 26.9 Å². The van der Waals surface area contributed by atoms with Gasteiger partial charge in [0.1, 0.15) is 5.75 Å². The molecule has 0 radical (unpaired) electrons. The molecule has 0 amide bonds. The van der Waals surface area contributed by atoms with Crippen molar-refractivity contribution in [1.29, 1.82) is 0 Å². The Labute approximate surface area is 172 Å². The lowest BCUT2D eigenvalue weighted by atomic mass is 10.1. The van der Waals surface area contributed by atoms with Crippen molar-refractivity contribution in [2.75, 3.05) is 20.8 Å². The van der Waals surface area contributed by atoms with E-state index in [0.717, 1.165) is 16.9 Å². The van der Waals surface area contributed by atoms with Gasteiger partial charge in [-0.25, -0.2) is 4.98 Å². The molecule has 0 saturated heterocycles. The summed E-state index contributed by atoms with van der Waals surface area (Å²) in [6, 6.07) is 10.0. The molecule has 2 rings (SSSR count). The van der Waals surface area contributed by atoms with Crippen molar-refractivity contribution in [3.05, 3.63) is 53.2 Å². The molecule has 0 unspecified atom stereocenters. The molecular formula is C19H27IN4O2. The standard InChI is InChI=1S/C19H26N4O2.HI/c1-5-25-18-16(7-6-10-21-18)13-23-19(20-3)22-12-15-9-8-14(2)11-17(15)24-4;/h6-11H,5,12-13H2,1-4H3,(H2,20,22,23);1H. The zero-order chi connectivity index (χ0) is 18.1. The fraction of sp³-hybridized carbons (Fsp3) is 0.368. The van der Waals surface area contributed by atoms with Crippen molar-refractivity contribution >= 4 is 29.9 Å². The number of pyridine rings is 1.